The van der Waals surface area contributed by atoms with Crippen LogP contribution >= 0.6 is 11.3 Å². The Morgan fingerprint density at radius 3 is 2.66 bits per heavy atom. The minimum Gasteiger partial charge on any atom is -0.361 e. The first-order valence-corrected chi connectivity index (χ1v) is 17.9. The topological polar surface area (TPSA) is 88.4 Å². The molecule has 0 radical (unpaired) electrons. The van der Waals surface area contributed by atoms with Gasteiger partial charge in [0, 0.05) is 26.3 Å². The standard InChI is InChI=1S/C28H37N7OSSi/c1-21(9-10-25-28(11-12-28)15-23(18-31-25)32-24-16-29-19-30-17-24)35(20-36-13-14-38(2,3)4)27-34-33-26(37-27)22-7-5-6-8-22/h9-12,15-19,22,32H,5-8,13-14,20H2,1-4H3/b21-9+,25-10+. The van der Waals surface area contributed by atoms with Crippen LogP contribution in [0.5, 0.6) is 0 Å². The Kier molecular flexibility index (Phi) is 8.01. The van der Waals surface area contributed by atoms with E-state index in [1.165, 1.54) is 32.0 Å². The van der Waals surface area contributed by atoms with Crippen LogP contribution in [0.1, 0.15) is 43.5 Å². The smallest absolute Gasteiger partial charge is 0.214 e. The van der Waals surface area contributed by atoms with Gasteiger partial charge in [0.2, 0.25) is 5.13 Å². The minimum absolute atomic E-state index is 0.249. The molecule has 0 atom stereocenters. The quantitative estimate of drug-likeness (QED) is 0.148. The fourth-order valence-electron chi connectivity index (χ4n) is 4.57. The average Bonchev–Trinajstić information content (AvgIpc) is 3.26. The maximum absolute atomic E-state index is 6.17. The number of nitrogens with one attached hydrogen (secondary N) is 1. The van der Waals surface area contributed by atoms with Crippen LogP contribution in [-0.4, -0.2) is 47.8 Å². The van der Waals surface area contributed by atoms with Crippen molar-refractivity contribution in [3.05, 3.63) is 71.2 Å². The summed E-state index contributed by atoms with van der Waals surface area (Å²) in [5.74, 6) is 0.553. The largest absolute Gasteiger partial charge is 0.361 e. The summed E-state index contributed by atoms with van der Waals surface area (Å²) >= 11 is 1.71. The molecule has 0 unspecified atom stereocenters. The predicted octanol–water partition coefficient (Wildman–Crippen LogP) is 6.53. The van der Waals surface area contributed by atoms with Crippen molar-refractivity contribution in [2.45, 2.75) is 64.2 Å². The molecule has 8 nitrogen and oxygen atoms in total. The first-order valence-electron chi connectivity index (χ1n) is 13.4. The van der Waals surface area contributed by atoms with Crippen molar-refractivity contribution < 1.29 is 4.74 Å². The number of allylic oxidation sites excluding steroid dienone is 5. The summed E-state index contributed by atoms with van der Waals surface area (Å²) < 4.78 is 6.17. The Hall–Kier alpha value is -2.95. The van der Waals surface area contributed by atoms with Gasteiger partial charge in [-0.05, 0) is 44.0 Å². The van der Waals surface area contributed by atoms with Gasteiger partial charge in [-0.3, -0.25) is 9.89 Å². The van der Waals surface area contributed by atoms with Crippen molar-refractivity contribution in [1.29, 1.82) is 0 Å². The van der Waals surface area contributed by atoms with Gasteiger partial charge in [-0.25, -0.2) is 9.97 Å². The van der Waals surface area contributed by atoms with E-state index in [0.29, 0.717) is 12.6 Å². The van der Waals surface area contributed by atoms with Crippen molar-refractivity contribution in [3.8, 4) is 0 Å². The van der Waals surface area contributed by atoms with Crippen LogP contribution in [0.25, 0.3) is 0 Å². The fourth-order valence-corrected chi connectivity index (χ4v) is 6.38. The number of aliphatic imine (C=N–C) groups is 1. The van der Waals surface area contributed by atoms with Gasteiger partial charge >= 0.3 is 0 Å². The van der Waals surface area contributed by atoms with E-state index in [9.17, 15) is 0 Å². The molecule has 5 rings (SSSR count). The zero-order valence-electron chi connectivity index (χ0n) is 22.7. The number of dihydropyridines is 1. The third-order valence-corrected chi connectivity index (χ3v) is 9.86. The van der Waals surface area contributed by atoms with E-state index < -0.39 is 8.07 Å². The normalized spacial score (nSPS) is 19.8. The van der Waals surface area contributed by atoms with Crippen LogP contribution in [0.15, 0.2) is 71.2 Å². The number of hydrogen-bond donors (Lipinski definition) is 1. The van der Waals surface area contributed by atoms with Gasteiger partial charge in [0.25, 0.3) is 0 Å². The maximum atomic E-state index is 6.17. The van der Waals surface area contributed by atoms with Crippen molar-refractivity contribution in [2.24, 2.45) is 10.4 Å². The van der Waals surface area contributed by atoms with E-state index in [2.05, 4.69) is 87.3 Å². The van der Waals surface area contributed by atoms with Crippen LogP contribution in [0.3, 0.4) is 0 Å². The van der Waals surface area contributed by atoms with E-state index in [1.807, 2.05) is 6.21 Å². The molecule has 1 spiro atoms. The molecule has 3 heterocycles. The van der Waals surface area contributed by atoms with Gasteiger partial charge in [0.1, 0.15) is 18.1 Å². The van der Waals surface area contributed by atoms with Gasteiger partial charge in [-0.1, -0.05) is 56.0 Å². The third-order valence-electron chi connectivity index (χ3n) is 7.05. The van der Waals surface area contributed by atoms with Crippen molar-refractivity contribution >= 4 is 36.4 Å². The molecule has 2 aliphatic carbocycles. The zero-order valence-corrected chi connectivity index (χ0v) is 24.5. The second-order valence-electron chi connectivity index (χ2n) is 11.4. The van der Waals surface area contributed by atoms with Crippen molar-refractivity contribution in [3.63, 3.8) is 0 Å². The molecule has 0 amide bonds. The van der Waals surface area contributed by atoms with E-state index in [-0.39, 0.29) is 5.41 Å². The van der Waals surface area contributed by atoms with Crippen molar-refractivity contribution in [2.75, 3.05) is 23.6 Å². The molecule has 1 N–H and O–H groups in total. The van der Waals surface area contributed by atoms with Crippen LogP contribution < -0.4 is 10.2 Å². The first kappa shape index (κ1) is 26.6. The Balaban J connectivity index is 1.31. The average molecular weight is 548 g/mol. The zero-order chi connectivity index (χ0) is 26.6. The fraction of sp³-hybridized carbons (Fsp3) is 0.464. The van der Waals surface area contributed by atoms with Gasteiger partial charge in [-0.15, -0.1) is 10.2 Å². The molecule has 1 saturated carbocycles. The molecule has 2 aromatic heterocycles. The third kappa shape index (κ3) is 6.72. The molecule has 0 aromatic carbocycles. The highest BCUT2D eigenvalue weighted by Gasteiger charge is 2.38. The van der Waals surface area contributed by atoms with Gasteiger partial charge in [0.15, 0.2) is 0 Å². The first-order chi connectivity index (χ1) is 18.3. The van der Waals surface area contributed by atoms with Gasteiger partial charge in [-0.2, -0.15) is 0 Å². The predicted molar refractivity (Wildman–Crippen MR) is 158 cm³/mol. The second-order valence-corrected chi connectivity index (χ2v) is 18.0. The Morgan fingerprint density at radius 2 is 1.95 bits per heavy atom. The Labute approximate surface area is 230 Å². The van der Waals surface area contributed by atoms with Crippen molar-refractivity contribution in [1.82, 2.24) is 20.2 Å². The maximum Gasteiger partial charge on any atom is 0.214 e. The number of ether oxygens (including phenoxy) is 1. The number of anilines is 2. The van der Waals surface area contributed by atoms with Gasteiger partial charge < -0.3 is 10.1 Å². The molecular formula is C28H37N7OSSi. The molecule has 3 aliphatic rings. The molecule has 200 valence electrons. The molecule has 1 aliphatic heterocycles. The molecule has 38 heavy (non-hydrogen) atoms. The summed E-state index contributed by atoms with van der Waals surface area (Å²) in [6.45, 7) is 10.5. The summed E-state index contributed by atoms with van der Waals surface area (Å²) in [6, 6.07) is 1.14. The lowest BCUT2D eigenvalue weighted by atomic mass is 9.95. The number of rotatable bonds is 11. The highest BCUT2D eigenvalue weighted by atomic mass is 32.1. The molecule has 0 saturated heterocycles. The lowest BCUT2D eigenvalue weighted by molar-refractivity contribution is 0.151. The van der Waals surface area contributed by atoms with Gasteiger partial charge in [0.05, 0.1) is 41.1 Å². The molecule has 2 aromatic rings. The van der Waals surface area contributed by atoms with Crippen LogP contribution in [0.2, 0.25) is 25.7 Å². The number of hydrogen-bond acceptors (Lipinski definition) is 9. The summed E-state index contributed by atoms with van der Waals surface area (Å²) in [6.07, 6.45) is 22.6. The van der Waals surface area contributed by atoms with E-state index >= 15 is 0 Å². The molecule has 1 fully saturated rings. The summed E-state index contributed by atoms with van der Waals surface area (Å²) in [4.78, 5) is 15.1. The Morgan fingerprint density at radius 1 is 1.18 bits per heavy atom. The lowest BCUT2D eigenvalue weighted by Gasteiger charge is -2.23. The monoisotopic (exact) mass is 547 g/mol. The molecule has 0 bridgehead atoms. The van der Waals surface area contributed by atoms with Crippen LogP contribution in [0.4, 0.5) is 10.8 Å². The van der Waals surface area contributed by atoms with E-state index in [0.717, 1.165) is 45.6 Å². The summed E-state index contributed by atoms with van der Waals surface area (Å²) in [5.41, 5.74) is 3.55. The summed E-state index contributed by atoms with van der Waals surface area (Å²) in [5, 5.41) is 14.5. The Bertz CT molecular complexity index is 1260. The highest BCUT2D eigenvalue weighted by Crippen LogP contribution is 2.47. The molecule has 10 heteroatoms. The second kappa shape index (κ2) is 11.4. The van der Waals surface area contributed by atoms with Crippen LogP contribution in [-0.2, 0) is 4.74 Å². The minimum atomic E-state index is -1.16. The van der Waals surface area contributed by atoms with E-state index in [1.54, 1.807) is 23.7 Å². The van der Waals surface area contributed by atoms with E-state index in [4.69, 9.17) is 9.73 Å². The summed E-state index contributed by atoms with van der Waals surface area (Å²) in [7, 11) is -1.16. The molecular weight excluding hydrogens is 511 g/mol. The highest BCUT2D eigenvalue weighted by molar-refractivity contribution is 7.15. The number of aromatic nitrogens is 4. The SMILES string of the molecule is C/C(=C\C=C1\N=CC(Nc2cncnc2)=CC12C=C2)N(COCC[Si](C)(C)C)c1nnc(C2CCCC2)s1. The number of nitrogens with zero attached hydrogens (tertiary/aromatic N) is 6. The lowest BCUT2D eigenvalue weighted by Crippen LogP contribution is -2.27. The van der Waals surface area contributed by atoms with Crippen LogP contribution in [0, 0.1) is 5.41 Å².